The van der Waals surface area contributed by atoms with E-state index < -0.39 is 0 Å². The molecule has 0 aliphatic carbocycles. The second-order valence-corrected chi connectivity index (χ2v) is 6.73. The van der Waals surface area contributed by atoms with E-state index in [0.29, 0.717) is 38.9 Å². The highest BCUT2D eigenvalue weighted by atomic mass is 16.5. The van der Waals surface area contributed by atoms with Crippen LogP contribution in [0.25, 0.3) is 44.1 Å². The normalized spacial score (nSPS) is 11.2. The van der Waals surface area contributed by atoms with E-state index in [-0.39, 0.29) is 5.43 Å². The Balaban J connectivity index is 1.80. The number of fused-ring (bicyclic) bond motifs is 3. The van der Waals surface area contributed by atoms with Crippen LogP contribution in [0.4, 0.5) is 0 Å². The van der Waals surface area contributed by atoms with Gasteiger partial charge in [-0.05, 0) is 42.5 Å². The van der Waals surface area contributed by atoms with E-state index >= 15 is 0 Å². The van der Waals surface area contributed by atoms with Gasteiger partial charge in [-0.2, -0.15) is 0 Å². The van der Waals surface area contributed by atoms with Crippen molar-refractivity contribution in [3.05, 3.63) is 77.0 Å². The molecule has 0 N–H and O–H groups in total. The lowest BCUT2D eigenvalue weighted by Gasteiger charge is -2.10. The highest BCUT2D eigenvalue weighted by Gasteiger charge is 2.14. The molecule has 0 saturated heterocycles. The minimum absolute atomic E-state index is 0.0474. The zero-order valence-corrected chi connectivity index (χ0v) is 15.9. The molecule has 0 radical (unpaired) electrons. The minimum atomic E-state index is -0.0474. The van der Waals surface area contributed by atoms with Gasteiger partial charge in [0.25, 0.3) is 0 Å². The van der Waals surface area contributed by atoms with Crippen LogP contribution in [-0.4, -0.2) is 19.2 Å². The van der Waals surface area contributed by atoms with Crippen molar-refractivity contribution < 1.29 is 13.9 Å². The lowest BCUT2D eigenvalue weighted by Crippen LogP contribution is -2.04. The van der Waals surface area contributed by atoms with Crippen molar-refractivity contribution in [1.82, 2.24) is 4.98 Å². The van der Waals surface area contributed by atoms with Crippen LogP contribution >= 0.6 is 0 Å². The van der Waals surface area contributed by atoms with Crippen molar-refractivity contribution in [1.29, 1.82) is 0 Å². The number of methoxy groups -OCH3 is 2. The van der Waals surface area contributed by atoms with E-state index in [9.17, 15) is 4.79 Å². The summed E-state index contributed by atoms with van der Waals surface area (Å²) in [6.45, 7) is 0. The fourth-order valence-corrected chi connectivity index (χ4v) is 3.57. The molecule has 3 aromatic carbocycles. The quantitative estimate of drug-likeness (QED) is 0.402. The van der Waals surface area contributed by atoms with E-state index in [1.807, 2.05) is 48.5 Å². The van der Waals surface area contributed by atoms with Gasteiger partial charge in [-0.25, -0.2) is 4.98 Å². The standard InChI is InChI=1S/C24H17NO4/c1-27-15-9-7-14(8-10-15)21-13-22(28-2)18-11-17-20(12-23(18)29-21)25-19-6-4-3-5-16(19)24(17)26/h3-13H,1-2H3. The minimum Gasteiger partial charge on any atom is -0.497 e. The summed E-state index contributed by atoms with van der Waals surface area (Å²) in [5, 5.41) is 1.87. The van der Waals surface area contributed by atoms with Gasteiger partial charge in [0.15, 0.2) is 5.43 Å². The molecule has 5 nitrogen and oxygen atoms in total. The van der Waals surface area contributed by atoms with Crippen LogP contribution in [0.2, 0.25) is 0 Å². The summed E-state index contributed by atoms with van der Waals surface area (Å²) in [6, 6.07) is 20.4. The number of hydrogen-bond donors (Lipinski definition) is 0. The lowest BCUT2D eigenvalue weighted by atomic mass is 10.1. The number of benzene rings is 3. The van der Waals surface area contributed by atoms with Crippen molar-refractivity contribution in [3.8, 4) is 22.8 Å². The molecule has 0 amide bonds. The maximum absolute atomic E-state index is 13.0. The van der Waals surface area contributed by atoms with Crippen LogP contribution in [0, 0.1) is 0 Å². The summed E-state index contributed by atoms with van der Waals surface area (Å²) < 4.78 is 17.0. The van der Waals surface area contributed by atoms with Crippen LogP contribution in [0.15, 0.2) is 75.9 Å². The molecule has 0 aliphatic rings. The molecule has 5 heteroatoms. The smallest absolute Gasteiger partial charge is 0.197 e. The van der Waals surface area contributed by atoms with Crippen molar-refractivity contribution in [3.63, 3.8) is 0 Å². The first kappa shape index (κ1) is 17.3. The number of hydrogen-bond acceptors (Lipinski definition) is 5. The van der Waals surface area contributed by atoms with Gasteiger partial charge in [-0.3, -0.25) is 4.79 Å². The fraction of sp³-hybridized carbons (Fsp3) is 0.0833. The van der Waals surface area contributed by atoms with Gasteiger partial charge in [0.05, 0.1) is 30.6 Å². The molecule has 0 aliphatic heterocycles. The molecular formula is C24H17NO4. The first-order valence-electron chi connectivity index (χ1n) is 9.17. The number of pyridine rings is 1. The highest BCUT2D eigenvalue weighted by Crippen LogP contribution is 2.35. The van der Waals surface area contributed by atoms with Gasteiger partial charge >= 0.3 is 0 Å². The molecule has 5 rings (SSSR count). The molecule has 2 heterocycles. The first-order valence-corrected chi connectivity index (χ1v) is 9.17. The van der Waals surface area contributed by atoms with Crippen LogP contribution in [0.3, 0.4) is 0 Å². The first-order chi connectivity index (χ1) is 14.2. The van der Waals surface area contributed by atoms with Crippen LogP contribution in [0.1, 0.15) is 0 Å². The predicted octanol–water partition coefficient (Wildman–Crippen LogP) is 5.18. The van der Waals surface area contributed by atoms with Crippen molar-refractivity contribution in [2.75, 3.05) is 14.2 Å². The Morgan fingerprint density at radius 2 is 1.59 bits per heavy atom. The maximum Gasteiger partial charge on any atom is 0.197 e. The average molecular weight is 383 g/mol. The van der Waals surface area contributed by atoms with Gasteiger partial charge in [0, 0.05) is 28.5 Å². The van der Waals surface area contributed by atoms with E-state index in [1.165, 1.54) is 0 Å². The number of aromatic nitrogens is 1. The molecule has 0 fully saturated rings. The Hall–Kier alpha value is -3.86. The summed E-state index contributed by atoms with van der Waals surface area (Å²) in [4.78, 5) is 17.6. The number of para-hydroxylation sites is 1. The monoisotopic (exact) mass is 383 g/mol. The number of ether oxygens (including phenoxy) is 2. The van der Waals surface area contributed by atoms with Gasteiger partial charge < -0.3 is 13.9 Å². The van der Waals surface area contributed by atoms with Crippen LogP contribution < -0.4 is 14.9 Å². The predicted molar refractivity (Wildman–Crippen MR) is 114 cm³/mol. The van der Waals surface area contributed by atoms with Crippen LogP contribution in [0.5, 0.6) is 11.5 Å². The third-order valence-corrected chi connectivity index (χ3v) is 5.07. The Kier molecular flexibility index (Phi) is 3.95. The molecule has 0 atom stereocenters. The molecule has 0 bridgehead atoms. The Morgan fingerprint density at radius 1 is 0.793 bits per heavy atom. The summed E-state index contributed by atoms with van der Waals surface area (Å²) in [5.41, 5.74) is 2.71. The van der Waals surface area contributed by atoms with E-state index in [2.05, 4.69) is 4.98 Å². The van der Waals surface area contributed by atoms with Gasteiger partial charge in [0.2, 0.25) is 0 Å². The fourth-order valence-electron chi connectivity index (χ4n) is 3.57. The molecule has 0 unspecified atom stereocenters. The van der Waals surface area contributed by atoms with Gasteiger partial charge in [-0.1, -0.05) is 12.1 Å². The molecule has 0 saturated carbocycles. The van der Waals surface area contributed by atoms with E-state index in [1.54, 1.807) is 32.4 Å². The zero-order valence-electron chi connectivity index (χ0n) is 15.9. The molecule has 2 aromatic heterocycles. The topological polar surface area (TPSA) is 61.6 Å². The zero-order chi connectivity index (χ0) is 20.0. The maximum atomic E-state index is 13.0. The average Bonchev–Trinajstić information content (AvgIpc) is 2.77. The SMILES string of the molecule is COc1ccc(-c2cc(OC)c3cc4c(=O)c5ccccc5nc4cc3o2)cc1. The Labute approximate surface area is 166 Å². The molecule has 5 aromatic rings. The summed E-state index contributed by atoms with van der Waals surface area (Å²) in [6.07, 6.45) is 0. The third-order valence-electron chi connectivity index (χ3n) is 5.07. The van der Waals surface area contributed by atoms with E-state index in [0.717, 1.165) is 16.7 Å². The summed E-state index contributed by atoms with van der Waals surface area (Å²) >= 11 is 0. The van der Waals surface area contributed by atoms with Crippen LogP contribution in [-0.2, 0) is 0 Å². The third kappa shape index (κ3) is 2.79. The molecule has 29 heavy (non-hydrogen) atoms. The second kappa shape index (κ2) is 6.63. The van der Waals surface area contributed by atoms with Gasteiger partial charge in [-0.15, -0.1) is 0 Å². The van der Waals surface area contributed by atoms with Gasteiger partial charge in [0.1, 0.15) is 22.8 Å². The van der Waals surface area contributed by atoms with Crippen molar-refractivity contribution >= 4 is 32.8 Å². The lowest BCUT2D eigenvalue weighted by molar-refractivity contribution is 0.414. The molecule has 142 valence electrons. The summed E-state index contributed by atoms with van der Waals surface area (Å²) in [7, 11) is 3.23. The number of rotatable bonds is 3. The Morgan fingerprint density at radius 3 is 2.34 bits per heavy atom. The van der Waals surface area contributed by atoms with E-state index in [4.69, 9.17) is 13.9 Å². The largest absolute Gasteiger partial charge is 0.497 e. The second-order valence-electron chi connectivity index (χ2n) is 6.73. The van der Waals surface area contributed by atoms with Crippen molar-refractivity contribution in [2.45, 2.75) is 0 Å². The molecular weight excluding hydrogens is 366 g/mol. The highest BCUT2D eigenvalue weighted by molar-refractivity contribution is 6.01. The molecule has 0 spiro atoms. The number of nitrogens with zero attached hydrogens (tertiary/aromatic N) is 1. The summed E-state index contributed by atoms with van der Waals surface area (Å²) in [5.74, 6) is 2.05. The Bertz CT molecular complexity index is 1440. The van der Waals surface area contributed by atoms with Crippen molar-refractivity contribution in [2.24, 2.45) is 0 Å².